The number of carbonyl (C=O) groups is 1. The highest BCUT2D eigenvalue weighted by molar-refractivity contribution is 14.1. The fraction of sp³-hybridized carbons (Fsp3) is 0.471. The van der Waals surface area contributed by atoms with E-state index in [0.717, 1.165) is 15.6 Å². The van der Waals surface area contributed by atoms with Crippen LogP contribution in [0.5, 0.6) is 0 Å². The second kappa shape index (κ2) is 8.65. The predicted octanol–water partition coefficient (Wildman–Crippen LogP) is 2.53. The first kappa shape index (κ1) is 18.2. The van der Waals surface area contributed by atoms with Crippen LogP contribution in [0, 0.1) is 9.49 Å². The number of allylic oxidation sites excluding steroid dienone is 1. The van der Waals surface area contributed by atoms with Crippen molar-refractivity contribution in [3.05, 3.63) is 45.2 Å². The molecule has 0 unspecified atom stereocenters. The van der Waals surface area contributed by atoms with E-state index in [0.29, 0.717) is 13.0 Å². The maximum absolute atomic E-state index is 11.6. The minimum atomic E-state index is -0.592. The summed E-state index contributed by atoms with van der Waals surface area (Å²) in [5, 5.41) is 9.17. The number of halogens is 1. The molecule has 2 rings (SSSR count). The molecule has 1 aromatic carbocycles. The molecule has 1 aliphatic heterocycles. The summed E-state index contributed by atoms with van der Waals surface area (Å²) in [5.41, 5.74) is 6.49. The van der Waals surface area contributed by atoms with Crippen LogP contribution in [0.4, 0.5) is 0 Å². The number of primary amides is 1. The van der Waals surface area contributed by atoms with Crippen molar-refractivity contribution < 1.29 is 19.4 Å². The zero-order valence-electron chi connectivity index (χ0n) is 13.1. The van der Waals surface area contributed by atoms with Crippen LogP contribution < -0.4 is 5.73 Å². The summed E-state index contributed by atoms with van der Waals surface area (Å²) in [7, 11) is 0. The van der Waals surface area contributed by atoms with E-state index >= 15 is 0 Å². The van der Waals surface area contributed by atoms with Crippen molar-refractivity contribution in [2.24, 2.45) is 11.7 Å². The van der Waals surface area contributed by atoms with Gasteiger partial charge in [0.2, 0.25) is 6.29 Å². The van der Waals surface area contributed by atoms with E-state index in [1.54, 1.807) is 6.08 Å². The molecule has 0 saturated carbocycles. The molecular formula is C17H22INO4. The maximum Gasteiger partial charge on any atom is 0.283 e. The Hall–Kier alpha value is -1.12. The molecule has 23 heavy (non-hydrogen) atoms. The Morgan fingerprint density at radius 3 is 2.65 bits per heavy atom. The second-order valence-electron chi connectivity index (χ2n) is 5.44. The Bertz CT molecular complexity index is 558. The quantitative estimate of drug-likeness (QED) is 0.651. The molecule has 126 valence electrons. The normalized spacial score (nSPS) is 24.0. The number of amides is 1. The Kier molecular flexibility index (Phi) is 6.86. The molecule has 0 radical (unpaired) electrons. The SMILES string of the molecule is CCO[C@H]1OC(C(N)=O)=C[C@@H](c2ccc(I)cc2)[C@H]1CCCO. The van der Waals surface area contributed by atoms with Gasteiger partial charge in [-0.15, -0.1) is 0 Å². The van der Waals surface area contributed by atoms with E-state index < -0.39 is 12.2 Å². The molecule has 0 fully saturated rings. The van der Waals surface area contributed by atoms with Gasteiger partial charge in [0.05, 0.1) is 0 Å². The van der Waals surface area contributed by atoms with Gasteiger partial charge in [0, 0.05) is 28.6 Å². The van der Waals surface area contributed by atoms with Crippen molar-refractivity contribution in [1.82, 2.24) is 0 Å². The first-order valence-electron chi connectivity index (χ1n) is 7.73. The Morgan fingerprint density at radius 1 is 1.39 bits per heavy atom. The lowest BCUT2D eigenvalue weighted by Crippen LogP contribution is -2.37. The molecule has 5 nitrogen and oxygen atoms in total. The van der Waals surface area contributed by atoms with Crippen molar-refractivity contribution in [2.75, 3.05) is 13.2 Å². The molecule has 0 bridgehead atoms. The third-order valence-corrected chi connectivity index (χ3v) is 4.63. The van der Waals surface area contributed by atoms with Crippen LogP contribution in [0.3, 0.4) is 0 Å². The smallest absolute Gasteiger partial charge is 0.283 e. The van der Waals surface area contributed by atoms with E-state index in [1.807, 2.05) is 31.2 Å². The lowest BCUT2D eigenvalue weighted by atomic mass is 9.80. The number of ether oxygens (including phenoxy) is 2. The van der Waals surface area contributed by atoms with Crippen LogP contribution >= 0.6 is 22.6 Å². The van der Waals surface area contributed by atoms with Crippen LogP contribution in [0.25, 0.3) is 0 Å². The summed E-state index contributed by atoms with van der Waals surface area (Å²) in [6, 6.07) is 8.15. The van der Waals surface area contributed by atoms with E-state index in [2.05, 4.69) is 22.6 Å². The van der Waals surface area contributed by atoms with Crippen molar-refractivity contribution in [1.29, 1.82) is 0 Å². The van der Waals surface area contributed by atoms with Crippen LogP contribution in [-0.2, 0) is 14.3 Å². The van der Waals surface area contributed by atoms with Gasteiger partial charge in [-0.2, -0.15) is 0 Å². The highest BCUT2D eigenvalue weighted by Gasteiger charge is 2.37. The van der Waals surface area contributed by atoms with E-state index in [-0.39, 0.29) is 24.2 Å². The van der Waals surface area contributed by atoms with Crippen LogP contribution in [0.1, 0.15) is 31.2 Å². The van der Waals surface area contributed by atoms with E-state index in [9.17, 15) is 9.90 Å². The topological polar surface area (TPSA) is 81.8 Å². The number of hydrogen-bond acceptors (Lipinski definition) is 4. The highest BCUT2D eigenvalue weighted by Crippen LogP contribution is 2.39. The molecule has 3 N–H and O–H groups in total. The predicted molar refractivity (Wildman–Crippen MR) is 95.5 cm³/mol. The minimum absolute atomic E-state index is 0.0188. The van der Waals surface area contributed by atoms with Crippen molar-refractivity contribution in [3.8, 4) is 0 Å². The molecule has 0 aromatic heterocycles. The number of aliphatic hydroxyl groups excluding tert-OH is 1. The monoisotopic (exact) mass is 431 g/mol. The summed E-state index contributed by atoms with van der Waals surface area (Å²) in [5.74, 6) is -0.463. The fourth-order valence-electron chi connectivity index (χ4n) is 2.84. The molecule has 0 spiro atoms. The van der Waals surface area contributed by atoms with Gasteiger partial charge in [-0.1, -0.05) is 12.1 Å². The number of aliphatic hydroxyl groups is 1. The Morgan fingerprint density at radius 2 is 2.09 bits per heavy atom. The number of hydrogen-bond donors (Lipinski definition) is 2. The van der Waals surface area contributed by atoms with Crippen LogP contribution in [0.15, 0.2) is 36.1 Å². The molecular weight excluding hydrogens is 409 g/mol. The number of rotatable bonds is 7. The molecule has 0 saturated heterocycles. The first-order valence-corrected chi connectivity index (χ1v) is 8.81. The molecule has 0 aliphatic carbocycles. The van der Waals surface area contributed by atoms with Gasteiger partial charge < -0.3 is 20.3 Å². The van der Waals surface area contributed by atoms with Gasteiger partial charge >= 0.3 is 0 Å². The summed E-state index contributed by atoms with van der Waals surface area (Å²) in [6.45, 7) is 2.47. The maximum atomic E-state index is 11.6. The first-order chi connectivity index (χ1) is 11.1. The van der Waals surface area contributed by atoms with Gasteiger partial charge in [-0.05, 0) is 66.1 Å². The average molecular weight is 431 g/mol. The largest absolute Gasteiger partial charge is 0.459 e. The average Bonchev–Trinajstić information content (AvgIpc) is 2.54. The summed E-state index contributed by atoms with van der Waals surface area (Å²) < 4.78 is 12.5. The number of carbonyl (C=O) groups excluding carboxylic acids is 1. The Labute approximate surface area is 150 Å². The lowest BCUT2D eigenvalue weighted by Gasteiger charge is -2.36. The van der Waals surface area contributed by atoms with Gasteiger partial charge in [-0.25, -0.2) is 0 Å². The van der Waals surface area contributed by atoms with Crippen molar-refractivity contribution >= 4 is 28.5 Å². The van der Waals surface area contributed by atoms with Gasteiger partial charge in [0.1, 0.15) is 0 Å². The zero-order valence-corrected chi connectivity index (χ0v) is 15.2. The summed E-state index contributed by atoms with van der Waals surface area (Å²) >= 11 is 2.26. The minimum Gasteiger partial charge on any atom is -0.459 e. The molecule has 1 aromatic rings. The number of benzene rings is 1. The molecule has 3 atom stereocenters. The van der Waals surface area contributed by atoms with Gasteiger partial charge in [0.15, 0.2) is 5.76 Å². The van der Waals surface area contributed by atoms with E-state index in [4.69, 9.17) is 15.2 Å². The van der Waals surface area contributed by atoms with Gasteiger partial charge in [0.25, 0.3) is 5.91 Å². The number of nitrogens with two attached hydrogens (primary N) is 1. The van der Waals surface area contributed by atoms with Crippen LogP contribution in [-0.4, -0.2) is 30.5 Å². The van der Waals surface area contributed by atoms with Crippen LogP contribution in [0.2, 0.25) is 0 Å². The molecule has 6 heteroatoms. The summed E-state index contributed by atoms with van der Waals surface area (Å²) in [6.07, 6.45) is 2.63. The standard InChI is InChI=1S/C17H22INO4/c1-2-22-17-13(4-3-9-20)14(10-15(23-17)16(19)21)11-5-7-12(18)8-6-11/h5-8,10,13-14,17,20H,2-4,9H2,1H3,(H2,19,21)/t13-,14+,17+/m1/s1. The van der Waals surface area contributed by atoms with Crippen molar-refractivity contribution in [2.45, 2.75) is 32.0 Å². The second-order valence-corrected chi connectivity index (χ2v) is 6.69. The summed E-state index contributed by atoms with van der Waals surface area (Å²) in [4.78, 5) is 11.6. The lowest BCUT2D eigenvalue weighted by molar-refractivity contribution is -0.165. The van der Waals surface area contributed by atoms with Gasteiger partial charge in [-0.3, -0.25) is 4.79 Å². The molecule has 1 heterocycles. The fourth-order valence-corrected chi connectivity index (χ4v) is 3.20. The molecule has 1 amide bonds. The Balaban J connectivity index is 2.38. The highest BCUT2D eigenvalue weighted by atomic mass is 127. The molecule has 1 aliphatic rings. The van der Waals surface area contributed by atoms with Crippen molar-refractivity contribution in [3.63, 3.8) is 0 Å². The zero-order chi connectivity index (χ0) is 16.8. The third-order valence-electron chi connectivity index (χ3n) is 3.91. The van der Waals surface area contributed by atoms with E-state index in [1.165, 1.54) is 0 Å². The third kappa shape index (κ3) is 4.68.